The zero-order valence-electron chi connectivity index (χ0n) is 17.6. The molecule has 0 aliphatic heterocycles. The van der Waals surface area contributed by atoms with Crippen LogP contribution in [0.25, 0.3) is 31.8 Å². The van der Waals surface area contributed by atoms with Crippen molar-refractivity contribution in [2.24, 2.45) is 14.1 Å². The van der Waals surface area contributed by atoms with Crippen molar-refractivity contribution in [3.05, 3.63) is 69.9 Å². The highest BCUT2D eigenvalue weighted by Gasteiger charge is 2.15. The molecule has 0 saturated carbocycles. The lowest BCUT2D eigenvalue weighted by Gasteiger charge is -2.08. The van der Waals surface area contributed by atoms with E-state index in [0.29, 0.717) is 24.1 Å². The second kappa shape index (κ2) is 8.36. The van der Waals surface area contributed by atoms with Gasteiger partial charge in [-0.2, -0.15) is 0 Å². The Hall–Kier alpha value is -3.24. The molecule has 0 radical (unpaired) electrons. The molecule has 0 N–H and O–H groups in total. The Bertz CT molecular complexity index is 1550. The number of thioether (sulfide) groups is 1. The maximum absolute atomic E-state index is 12.8. The Morgan fingerprint density at radius 2 is 1.88 bits per heavy atom. The minimum absolute atomic E-state index is 0.303. The molecule has 32 heavy (non-hydrogen) atoms. The first kappa shape index (κ1) is 20.7. The molecule has 0 bridgehead atoms. The smallest absolute Gasteiger partial charge is 0.328 e. The van der Waals surface area contributed by atoms with E-state index in [1.807, 2.05) is 18.2 Å². The van der Waals surface area contributed by atoms with Crippen LogP contribution >= 0.6 is 23.1 Å². The summed E-state index contributed by atoms with van der Waals surface area (Å²) in [5, 5.41) is 1.95. The molecular weight excluding hydrogens is 444 g/mol. The maximum Gasteiger partial charge on any atom is 0.332 e. The minimum atomic E-state index is -0.346. The molecule has 0 saturated heterocycles. The fourth-order valence-corrected chi connectivity index (χ4v) is 5.65. The zero-order chi connectivity index (χ0) is 22.2. The van der Waals surface area contributed by atoms with E-state index in [2.05, 4.69) is 33.2 Å². The van der Waals surface area contributed by atoms with E-state index in [0.717, 1.165) is 31.4 Å². The van der Waals surface area contributed by atoms with Crippen molar-refractivity contribution < 1.29 is 0 Å². The number of hydrogen-bond donors (Lipinski definition) is 0. The van der Waals surface area contributed by atoms with Gasteiger partial charge in [0.25, 0.3) is 5.56 Å². The molecule has 0 amide bonds. The second-order valence-corrected chi connectivity index (χ2v) is 9.52. The molecule has 8 nitrogen and oxygen atoms in total. The predicted octanol–water partition coefficient (Wildman–Crippen LogP) is 3.29. The quantitative estimate of drug-likeness (QED) is 0.218. The lowest BCUT2D eigenvalue weighted by Crippen LogP contribution is -2.39. The van der Waals surface area contributed by atoms with Crippen molar-refractivity contribution >= 4 is 44.5 Å². The van der Waals surface area contributed by atoms with Gasteiger partial charge in [0.1, 0.15) is 16.2 Å². The number of benzene rings is 1. The SMILES string of the molecule is Cn1cnc2c1c(=O)n(CCCSc1ncnc3sc(-c4ccccc4)cc13)c(=O)n2C. The van der Waals surface area contributed by atoms with Gasteiger partial charge in [-0.1, -0.05) is 30.3 Å². The van der Waals surface area contributed by atoms with Crippen molar-refractivity contribution in [1.29, 1.82) is 0 Å². The van der Waals surface area contributed by atoms with Crippen LogP contribution in [0.4, 0.5) is 0 Å². The van der Waals surface area contributed by atoms with Crippen molar-refractivity contribution in [2.75, 3.05) is 5.75 Å². The topological polar surface area (TPSA) is 87.6 Å². The highest BCUT2D eigenvalue weighted by Crippen LogP contribution is 2.36. The Kier molecular flexibility index (Phi) is 5.40. The monoisotopic (exact) mass is 464 g/mol. The summed E-state index contributed by atoms with van der Waals surface area (Å²) in [4.78, 5) is 40.6. The molecule has 0 unspecified atom stereocenters. The fourth-order valence-electron chi connectivity index (χ4n) is 3.68. The van der Waals surface area contributed by atoms with Crippen LogP contribution in [0.3, 0.4) is 0 Å². The van der Waals surface area contributed by atoms with E-state index in [-0.39, 0.29) is 11.2 Å². The van der Waals surface area contributed by atoms with Gasteiger partial charge >= 0.3 is 5.69 Å². The van der Waals surface area contributed by atoms with E-state index < -0.39 is 0 Å². The molecule has 162 valence electrons. The molecule has 10 heteroatoms. The first-order chi connectivity index (χ1) is 15.5. The molecule has 5 aromatic rings. The number of aromatic nitrogens is 6. The lowest BCUT2D eigenvalue weighted by molar-refractivity contribution is 0.594. The largest absolute Gasteiger partial charge is 0.332 e. The third-order valence-corrected chi connectivity index (χ3v) is 7.50. The summed E-state index contributed by atoms with van der Waals surface area (Å²) in [7, 11) is 3.40. The summed E-state index contributed by atoms with van der Waals surface area (Å²) in [5.74, 6) is 0.724. The van der Waals surface area contributed by atoms with E-state index in [1.54, 1.807) is 54.4 Å². The van der Waals surface area contributed by atoms with Gasteiger partial charge in [-0.05, 0) is 18.1 Å². The predicted molar refractivity (Wildman–Crippen MR) is 128 cm³/mol. The van der Waals surface area contributed by atoms with Crippen molar-refractivity contribution in [3.63, 3.8) is 0 Å². The Morgan fingerprint density at radius 3 is 2.69 bits per heavy atom. The number of nitrogens with zero attached hydrogens (tertiary/aromatic N) is 6. The van der Waals surface area contributed by atoms with Gasteiger partial charge in [-0.3, -0.25) is 13.9 Å². The number of fused-ring (bicyclic) bond motifs is 2. The normalized spacial score (nSPS) is 11.6. The average molecular weight is 465 g/mol. The van der Waals surface area contributed by atoms with E-state index in [1.165, 1.54) is 9.13 Å². The van der Waals surface area contributed by atoms with Crippen molar-refractivity contribution in [2.45, 2.75) is 18.0 Å². The number of hydrogen-bond acceptors (Lipinski definition) is 7. The summed E-state index contributed by atoms with van der Waals surface area (Å²) < 4.78 is 4.37. The molecule has 4 aromatic heterocycles. The maximum atomic E-state index is 12.8. The molecule has 0 fully saturated rings. The van der Waals surface area contributed by atoms with Crippen LogP contribution in [0, 0.1) is 0 Å². The molecule has 0 spiro atoms. The molecule has 1 aromatic carbocycles. The van der Waals surface area contributed by atoms with Gasteiger partial charge in [0, 0.05) is 36.7 Å². The highest BCUT2D eigenvalue weighted by molar-refractivity contribution is 7.99. The third-order valence-electron chi connectivity index (χ3n) is 5.32. The van der Waals surface area contributed by atoms with Crippen LogP contribution in [-0.4, -0.2) is 34.4 Å². The van der Waals surface area contributed by atoms with Gasteiger partial charge in [0.15, 0.2) is 11.2 Å². The number of imidazole rings is 1. The number of rotatable bonds is 6. The van der Waals surface area contributed by atoms with Gasteiger partial charge in [-0.15, -0.1) is 23.1 Å². The average Bonchev–Trinajstić information content (AvgIpc) is 3.42. The molecule has 0 atom stereocenters. The third kappa shape index (κ3) is 3.55. The summed E-state index contributed by atoms with van der Waals surface area (Å²) in [6.45, 7) is 0.340. The van der Waals surface area contributed by atoms with Crippen molar-refractivity contribution in [3.8, 4) is 10.4 Å². The highest BCUT2D eigenvalue weighted by atomic mass is 32.2. The van der Waals surface area contributed by atoms with Gasteiger partial charge in [0.2, 0.25) is 0 Å². The number of thiophene rings is 1. The number of aryl methyl sites for hydroxylation is 2. The van der Waals surface area contributed by atoms with E-state index >= 15 is 0 Å². The van der Waals surface area contributed by atoms with E-state index in [9.17, 15) is 9.59 Å². The van der Waals surface area contributed by atoms with Crippen LogP contribution in [0.15, 0.2) is 63.7 Å². The second-order valence-electron chi connectivity index (χ2n) is 7.40. The van der Waals surface area contributed by atoms with Crippen LogP contribution in [0.5, 0.6) is 0 Å². The standard InChI is InChI=1S/C22H20N6O2S2/c1-26-13-25-18-17(26)21(29)28(22(30)27(18)2)9-6-10-31-19-15-11-16(14-7-4-3-5-8-14)32-20(15)24-12-23-19/h3-5,7-8,11-13H,6,9-10H2,1-2H3. The Morgan fingerprint density at radius 1 is 1.06 bits per heavy atom. The minimum Gasteiger partial charge on any atom is -0.328 e. The van der Waals surface area contributed by atoms with Gasteiger partial charge < -0.3 is 4.57 Å². The molecule has 0 aliphatic rings. The van der Waals surface area contributed by atoms with Crippen molar-refractivity contribution in [1.82, 2.24) is 28.7 Å². The van der Waals surface area contributed by atoms with Gasteiger partial charge in [0.05, 0.1) is 6.33 Å². The van der Waals surface area contributed by atoms with Gasteiger partial charge in [-0.25, -0.2) is 19.7 Å². The fraction of sp³-hybridized carbons (Fsp3) is 0.227. The molecule has 0 aliphatic carbocycles. The summed E-state index contributed by atoms with van der Waals surface area (Å²) in [6.07, 6.45) is 3.80. The molecular formula is C22H20N6O2S2. The summed E-state index contributed by atoms with van der Waals surface area (Å²) in [5.41, 5.74) is 1.35. The van der Waals surface area contributed by atoms with Crippen LogP contribution in [0.1, 0.15) is 6.42 Å². The van der Waals surface area contributed by atoms with Crippen LogP contribution in [-0.2, 0) is 20.6 Å². The lowest BCUT2D eigenvalue weighted by atomic mass is 10.2. The van der Waals surface area contributed by atoms with Crippen LogP contribution in [0.2, 0.25) is 0 Å². The first-order valence-electron chi connectivity index (χ1n) is 10.1. The van der Waals surface area contributed by atoms with Crippen LogP contribution < -0.4 is 11.2 Å². The Labute approximate surface area is 191 Å². The molecule has 5 rings (SSSR count). The van der Waals surface area contributed by atoms with E-state index in [4.69, 9.17) is 0 Å². The first-order valence-corrected chi connectivity index (χ1v) is 11.9. The zero-order valence-corrected chi connectivity index (χ0v) is 19.2. The Balaban J connectivity index is 1.35. The summed E-state index contributed by atoms with van der Waals surface area (Å²) in [6, 6.07) is 12.4. The molecule has 4 heterocycles. The summed E-state index contributed by atoms with van der Waals surface area (Å²) >= 11 is 3.26.